The molecule has 2 nitrogen and oxygen atoms in total. The number of hydrogen-bond acceptors (Lipinski definition) is 2. The highest BCUT2D eigenvalue weighted by Crippen LogP contribution is 1.72. The minimum atomic E-state index is 0.255. The van der Waals surface area contributed by atoms with Crippen LogP contribution in [0.25, 0.3) is 0 Å². The smallest absolute Gasteiger partial charge is 0.129 e. The summed E-state index contributed by atoms with van der Waals surface area (Å²) >= 11 is 0. The van der Waals surface area contributed by atoms with Crippen molar-refractivity contribution in [3.05, 3.63) is 0 Å². The summed E-state index contributed by atoms with van der Waals surface area (Å²) in [6.07, 6.45) is 2.58. The van der Waals surface area contributed by atoms with Gasteiger partial charge in [0, 0.05) is 12.8 Å². The van der Waals surface area contributed by atoms with Gasteiger partial charge in [0.2, 0.25) is 0 Å². The Labute approximate surface area is 82.7 Å². The van der Waals surface area contributed by atoms with E-state index < -0.39 is 0 Å². The third-order valence-corrected chi connectivity index (χ3v) is 0.996. The fourth-order valence-corrected chi connectivity index (χ4v) is 0. The summed E-state index contributed by atoms with van der Waals surface area (Å²) in [5.74, 6) is 0.509. The molecule has 0 atom stereocenters. The fraction of sp³-hybridized carbons (Fsp3) is 0.818. The Balaban J connectivity index is -0.000000120. The lowest BCUT2D eigenvalue weighted by Crippen LogP contribution is -1.80. The molecular formula is C11H24O2. The zero-order valence-corrected chi connectivity index (χ0v) is 9.94. The third-order valence-electron chi connectivity index (χ3n) is 0.996. The maximum absolute atomic E-state index is 9.81. The molecule has 0 aromatic rings. The number of ketones is 2. The molecule has 0 unspecified atom stereocenters. The van der Waals surface area contributed by atoms with Gasteiger partial charge in [-0.2, -0.15) is 0 Å². The average molecular weight is 188 g/mol. The fourth-order valence-electron chi connectivity index (χ4n) is 0. The lowest BCUT2D eigenvalue weighted by molar-refractivity contribution is -0.117. The van der Waals surface area contributed by atoms with Crippen molar-refractivity contribution in [2.45, 2.75) is 60.8 Å². The maximum Gasteiger partial charge on any atom is 0.129 e. The first-order chi connectivity index (χ1) is 5.95. The van der Waals surface area contributed by atoms with Gasteiger partial charge in [0.1, 0.15) is 11.6 Å². The summed E-state index contributed by atoms with van der Waals surface area (Å²) in [7, 11) is 0. The largest absolute Gasteiger partial charge is 0.300 e. The summed E-state index contributed by atoms with van der Waals surface area (Å²) in [4.78, 5) is 19.6. The molecule has 0 aromatic heterocycles. The average Bonchev–Trinajstić information content (AvgIpc) is 2.07. The van der Waals surface area contributed by atoms with E-state index in [1.54, 1.807) is 13.8 Å². The van der Waals surface area contributed by atoms with Crippen molar-refractivity contribution >= 4 is 11.6 Å². The Kier molecular flexibility index (Phi) is 24.4. The van der Waals surface area contributed by atoms with E-state index in [-0.39, 0.29) is 11.6 Å². The molecule has 0 radical (unpaired) electrons. The standard InChI is InChI=1S/2C4H8O.C3H8/c2*1-3-4(2)5;1-3-2/h2*3H2,1-2H3;3H2,1-2H3. The number of rotatable bonds is 2. The molecule has 0 saturated heterocycles. The highest BCUT2D eigenvalue weighted by Gasteiger charge is 1.77. The van der Waals surface area contributed by atoms with E-state index in [1.807, 2.05) is 13.8 Å². The van der Waals surface area contributed by atoms with Crippen molar-refractivity contribution in [1.82, 2.24) is 0 Å². The van der Waals surface area contributed by atoms with Crippen molar-refractivity contribution in [3.63, 3.8) is 0 Å². The normalized spacial score (nSPS) is 7.23. The second kappa shape index (κ2) is 17.4. The monoisotopic (exact) mass is 188 g/mol. The van der Waals surface area contributed by atoms with Crippen molar-refractivity contribution < 1.29 is 9.59 Å². The molecule has 0 aromatic carbocycles. The molecule has 0 aliphatic rings. The predicted molar refractivity (Wildman–Crippen MR) is 57.9 cm³/mol. The SMILES string of the molecule is CCC.CCC(C)=O.CCC(C)=O. The summed E-state index contributed by atoms with van der Waals surface area (Å²) in [5, 5.41) is 0. The lowest BCUT2D eigenvalue weighted by atomic mass is 10.4. The molecule has 0 N–H and O–H groups in total. The Bertz CT molecular complexity index is 103. The molecule has 0 bridgehead atoms. The van der Waals surface area contributed by atoms with Crippen LogP contribution in [0.5, 0.6) is 0 Å². The van der Waals surface area contributed by atoms with Gasteiger partial charge >= 0.3 is 0 Å². The molecule has 0 heterocycles. The maximum atomic E-state index is 9.81. The van der Waals surface area contributed by atoms with E-state index >= 15 is 0 Å². The Morgan fingerprint density at radius 2 is 0.846 bits per heavy atom. The van der Waals surface area contributed by atoms with Gasteiger partial charge in [-0.15, -0.1) is 0 Å². The molecule has 2 heteroatoms. The highest BCUT2D eigenvalue weighted by molar-refractivity contribution is 5.75. The van der Waals surface area contributed by atoms with Crippen LogP contribution in [0.1, 0.15) is 60.8 Å². The van der Waals surface area contributed by atoms with E-state index in [9.17, 15) is 9.59 Å². The number of carbonyl (C=O) groups excluding carboxylic acids is 2. The summed E-state index contributed by atoms with van der Waals surface area (Å²) in [5.41, 5.74) is 0. The Morgan fingerprint density at radius 1 is 0.769 bits per heavy atom. The van der Waals surface area contributed by atoms with Gasteiger partial charge in [-0.1, -0.05) is 34.1 Å². The third kappa shape index (κ3) is 88.7. The van der Waals surface area contributed by atoms with Crippen LogP contribution in [0.3, 0.4) is 0 Å². The first-order valence-electron chi connectivity index (χ1n) is 4.94. The van der Waals surface area contributed by atoms with Crippen molar-refractivity contribution in [3.8, 4) is 0 Å². The van der Waals surface area contributed by atoms with Gasteiger partial charge in [-0.05, 0) is 13.8 Å². The van der Waals surface area contributed by atoms with Crippen LogP contribution < -0.4 is 0 Å². The second-order valence-electron chi connectivity index (χ2n) is 2.82. The molecule has 0 aliphatic carbocycles. The minimum Gasteiger partial charge on any atom is -0.300 e. The molecule has 80 valence electrons. The van der Waals surface area contributed by atoms with Crippen LogP contribution in [0, 0.1) is 0 Å². The van der Waals surface area contributed by atoms with Crippen LogP contribution in [0.2, 0.25) is 0 Å². The molecule has 0 saturated carbocycles. The molecule has 0 aliphatic heterocycles. The van der Waals surface area contributed by atoms with Gasteiger partial charge < -0.3 is 9.59 Å². The predicted octanol–water partition coefficient (Wildman–Crippen LogP) is 3.39. The quantitative estimate of drug-likeness (QED) is 0.665. The molecule has 0 fully saturated rings. The number of hydrogen-bond donors (Lipinski definition) is 0. The van der Waals surface area contributed by atoms with Gasteiger partial charge in [0.15, 0.2) is 0 Å². The number of Topliss-reactive ketones (excluding diaryl/α,β-unsaturated/α-hetero) is 2. The van der Waals surface area contributed by atoms with Gasteiger partial charge in [0.25, 0.3) is 0 Å². The van der Waals surface area contributed by atoms with Crippen molar-refractivity contribution in [2.75, 3.05) is 0 Å². The van der Waals surface area contributed by atoms with Crippen LogP contribution in [0.4, 0.5) is 0 Å². The summed E-state index contributed by atoms with van der Waals surface area (Å²) < 4.78 is 0. The number of carbonyl (C=O) groups is 2. The molecular weight excluding hydrogens is 164 g/mol. The van der Waals surface area contributed by atoms with Gasteiger partial charge in [-0.3, -0.25) is 0 Å². The highest BCUT2D eigenvalue weighted by atomic mass is 16.1. The van der Waals surface area contributed by atoms with Crippen molar-refractivity contribution in [2.24, 2.45) is 0 Å². The zero-order valence-electron chi connectivity index (χ0n) is 9.94. The Hall–Kier alpha value is -0.660. The Morgan fingerprint density at radius 3 is 0.846 bits per heavy atom. The first kappa shape index (κ1) is 18.2. The summed E-state index contributed by atoms with van der Waals surface area (Å²) in [6.45, 7) is 11.1. The first-order valence-corrected chi connectivity index (χ1v) is 4.94. The van der Waals surface area contributed by atoms with Crippen LogP contribution >= 0.6 is 0 Å². The van der Waals surface area contributed by atoms with E-state index in [4.69, 9.17) is 0 Å². The van der Waals surface area contributed by atoms with Gasteiger partial charge in [-0.25, -0.2) is 0 Å². The van der Waals surface area contributed by atoms with E-state index in [2.05, 4.69) is 13.8 Å². The molecule has 0 rings (SSSR count). The van der Waals surface area contributed by atoms with Crippen LogP contribution in [0.15, 0.2) is 0 Å². The van der Waals surface area contributed by atoms with Gasteiger partial charge in [0.05, 0.1) is 0 Å². The molecule has 0 amide bonds. The van der Waals surface area contributed by atoms with Crippen LogP contribution in [-0.4, -0.2) is 11.6 Å². The summed E-state index contributed by atoms with van der Waals surface area (Å²) in [6, 6.07) is 0. The zero-order chi connectivity index (χ0) is 11.3. The van der Waals surface area contributed by atoms with Crippen LogP contribution in [-0.2, 0) is 9.59 Å². The van der Waals surface area contributed by atoms with Crippen molar-refractivity contribution in [1.29, 1.82) is 0 Å². The minimum absolute atomic E-state index is 0.255. The van der Waals surface area contributed by atoms with E-state index in [0.717, 1.165) is 0 Å². The second-order valence-corrected chi connectivity index (χ2v) is 2.82. The van der Waals surface area contributed by atoms with E-state index in [0.29, 0.717) is 12.8 Å². The van der Waals surface area contributed by atoms with E-state index in [1.165, 1.54) is 6.42 Å². The molecule has 0 spiro atoms. The topological polar surface area (TPSA) is 34.1 Å². The molecule has 13 heavy (non-hydrogen) atoms. The lowest BCUT2D eigenvalue weighted by Gasteiger charge is -1.71.